The molecule has 0 aromatic heterocycles. The van der Waals surface area contributed by atoms with Gasteiger partial charge in [0.05, 0.1) is 17.1 Å². The van der Waals surface area contributed by atoms with E-state index in [1.165, 1.54) is 6.07 Å². The molecule has 0 bridgehead atoms. The third-order valence-corrected chi connectivity index (χ3v) is 3.31. The van der Waals surface area contributed by atoms with E-state index in [0.717, 1.165) is 0 Å². The first-order valence-corrected chi connectivity index (χ1v) is 6.71. The van der Waals surface area contributed by atoms with Gasteiger partial charge in [0.2, 0.25) is 6.17 Å². The van der Waals surface area contributed by atoms with Crippen LogP contribution in [0.2, 0.25) is 0 Å². The molecule has 1 unspecified atom stereocenters. The molecule has 19 heavy (non-hydrogen) atoms. The van der Waals surface area contributed by atoms with Crippen molar-refractivity contribution in [2.45, 2.75) is 19.1 Å². The fraction of sp³-hybridized carbons (Fsp3) is 0.364. The van der Waals surface area contributed by atoms with Gasteiger partial charge in [-0.25, -0.2) is 9.18 Å². The molecular weight excluding hydrogens is 408 g/mol. The van der Waals surface area contributed by atoms with E-state index in [2.05, 4.69) is 36.6 Å². The van der Waals surface area contributed by atoms with Crippen LogP contribution in [-0.2, 0) is 9.53 Å². The monoisotopic (exact) mass is 419 g/mol. The number of carbonyl (C=O) groups is 1. The molecule has 108 valence electrons. The maximum Gasteiger partial charge on any atom is 0.342 e. The van der Waals surface area contributed by atoms with E-state index in [1.54, 1.807) is 13.0 Å². The number of carbonyl (C=O) groups excluding carboxylic acids is 1. The summed E-state index contributed by atoms with van der Waals surface area (Å²) in [5.41, 5.74) is 5.75. The van der Waals surface area contributed by atoms with Crippen LogP contribution < -0.4 is 5.73 Å². The van der Waals surface area contributed by atoms with E-state index >= 15 is 0 Å². The molecule has 1 rings (SSSR count). The third-order valence-electron chi connectivity index (χ3n) is 2.24. The first-order valence-electron chi connectivity index (χ1n) is 5.12. The molecule has 0 spiro atoms. The highest BCUT2D eigenvalue weighted by Crippen LogP contribution is 2.36. The van der Waals surface area contributed by atoms with Crippen molar-refractivity contribution >= 4 is 50.2 Å². The number of phenolic OH excluding ortho intramolecular Hbond substituents is 1. The van der Waals surface area contributed by atoms with Gasteiger partial charge in [-0.15, -0.1) is 12.4 Å². The second-order valence-electron chi connectivity index (χ2n) is 3.51. The Hall–Kier alpha value is -0.370. The number of phenols is 1. The van der Waals surface area contributed by atoms with E-state index in [4.69, 9.17) is 5.73 Å². The number of rotatable bonds is 4. The number of esters is 1. The minimum Gasteiger partial charge on any atom is -0.506 e. The Morgan fingerprint density at radius 1 is 1.53 bits per heavy atom. The number of halogens is 4. The molecule has 0 fully saturated rings. The van der Waals surface area contributed by atoms with Crippen molar-refractivity contribution in [1.82, 2.24) is 0 Å². The first kappa shape index (κ1) is 18.6. The largest absolute Gasteiger partial charge is 0.506 e. The van der Waals surface area contributed by atoms with E-state index in [0.29, 0.717) is 8.95 Å². The molecule has 3 N–H and O–H groups in total. The van der Waals surface area contributed by atoms with Gasteiger partial charge in [0, 0.05) is 10.0 Å². The molecule has 4 nitrogen and oxygen atoms in total. The Bertz CT molecular complexity index is 462. The van der Waals surface area contributed by atoms with E-state index in [1.807, 2.05) is 0 Å². The number of hydrogen-bond acceptors (Lipinski definition) is 4. The lowest BCUT2D eigenvalue weighted by Crippen LogP contribution is -2.31. The number of benzene rings is 1. The van der Waals surface area contributed by atoms with Crippen LogP contribution in [0.15, 0.2) is 21.1 Å². The van der Waals surface area contributed by atoms with Crippen LogP contribution in [-0.4, -0.2) is 23.9 Å². The average Bonchev–Trinajstić information content (AvgIpc) is 2.32. The molecule has 0 saturated carbocycles. The van der Waals surface area contributed by atoms with Crippen LogP contribution in [0.25, 0.3) is 0 Å². The summed E-state index contributed by atoms with van der Waals surface area (Å²) in [7, 11) is 0. The Kier molecular flexibility index (Phi) is 7.88. The second-order valence-corrected chi connectivity index (χ2v) is 5.28. The first-order chi connectivity index (χ1) is 8.38. The Morgan fingerprint density at radius 3 is 2.63 bits per heavy atom. The zero-order chi connectivity index (χ0) is 13.9. The van der Waals surface area contributed by atoms with Gasteiger partial charge >= 0.3 is 5.97 Å². The van der Waals surface area contributed by atoms with Crippen molar-refractivity contribution < 1.29 is 19.0 Å². The number of ether oxygens (including phenoxy) is 1. The summed E-state index contributed by atoms with van der Waals surface area (Å²) in [4.78, 5) is 11.3. The lowest BCUT2D eigenvalue weighted by atomic mass is 10.0. The maximum absolute atomic E-state index is 13.8. The molecule has 1 aromatic rings. The van der Waals surface area contributed by atoms with Gasteiger partial charge in [-0.05, 0) is 35.0 Å². The smallest absolute Gasteiger partial charge is 0.342 e. The Balaban J connectivity index is 0.00000324. The fourth-order valence-electron chi connectivity index (χ4n) is 1.37. The van der Waals surface area contributed by atoms with Crippen LogP contribution in [0.1, 0.15) is 18.5 Å². The standard InChI is InChI=1S/C11H12Br2FNO3.ClH/c1-2-18-11(17)8(14)9(15)6-3-5(12)4-7(13)10(6)16;/h3-4,8-9,16H,2,15H2,1H3;1H/t8?,9-;/m0./s1. The molecule has 0 radical (unpaired) electrons. The van der Waals surface area contributed by atoms with Crippen LogP contribution in [0.3, 0.4) is 0 Å². The molecule has 0 aliphatic carbocycles. The highest BCUT2D eigenvalue weighted by Gasteiger charge is 2.30. The zero-order valence-corrected chi connectivity index (χ0v) is 13.9. The van der Waals surface area contributed by atoms with Gasteiger partial charge in [0.25, 0.3) is 0 Å². The highest BCUT2D eigenvalue weighted by atomic mass is 79.9. The molecule has 0 aliphatic rings. The van der Waals surface area contributed by atoms with Crippen LogP contribution in [0, 0.1) is 0 Å². The summed E-state index contributed by atoms with van der Waals surface area (Å²) in [6, 6.07) is 1.75. The third kappa shape index (κ3) is 4.59. The predicted octanol–water partition coefficient (Wildman–Crippen LogP) is 3.24. The van der Waals surface area contributed by atoms with Crippen molar-refractivity contribution in [3.05, 3.63) is 26.6 Å². The van der Waals surface area contributed by atoms with Gasteiger partial charge in [-0.2, -0.15) is 0 Å². The quantitative estimate of drug-likeness (QED) is 0.733. The number of aromatic hydroxyl groups is 1. The van der Waals surface area contributed by atoms with Crippen LogP contribution in [0.5, 0.6) is 5.75 Å². The lowest BCUT2D eigenvalue weighted by Gasteiger charge is -2.18. The van der Waals surface area contributed by atoms with Gasteiger partial charge in [-0.1, -0.05) is 15.9 Å². The number of hydrogen-bond donors (Lipinski definition) is 2. The normalized spacial score (nSPS) is 13.3. The lowest BCUT2D eigenvalue weighted by molar-refractivity contribution is -0.149. The minimum atomic E-state index is -2.03. The number of nitrogens with two attached hydrogens (primary N) is 1. The SMILES string of the molecule is CCOC(=O)C(F)[C@@H](N)c1cc(Br)cc(Br)c1O.Cl. The van der Waals surface area contributed by atoms with Gasteiger partial charge in [0.15, 0.2) is 0 Å². The van der Waals surface area contributed by atoms with Crippen LogP contribution in [0.4, 0.5) is 4.39 Å². The van der Waals surface area contributed by atoms with Gasteiger partial charge < -0.3 is 15.6 Å². The van der Waals surface area contributed by atoms with Crippen LogP contribution >= 0.6 is 44.3 Å². The van der Waals surface area contributed by atoms with Crippen molar-refractivity contribution in [2.75, 3.05) is 6.61 Å². The van der Waals surface area contributed by atoms with Crippen molar-refractivity contribution in [2.24, 2.45) is 5.73 Å². The summed E-state index contributed by atoms with van der Waals surface area (Å²) in [6.45, 7) is 1.64. The molecule has 2 atom stereocenters. The fourth-order valence-corrected chi connectivity index (χ4v) is 2.62. The summed E-state index contributed by atoms with van der Waals surface area (Å²) in [6.07, 6.45) is -2.03. The van der Waals surface area contributed by atoms with Crippen molar-refractivity contribution in [3.8, 4) is 5.75 Å². The zero-order valence-electron chi connectivity index (χ0n) is 9.90. The molecule has 0 amide bonds. The van der Waals surface area contributed by atoms with Gasteiger partial charge in [0.1, 0.15) is 5.75 Å². The molecule has 1 aromatic carbocycles. The minimum absolute atomic E-state index is 0. The topological polar surface area (TPSA) is 72.5 Å². The predicted molar refractivity (Wildman–Crippen MR) is 79.2 cm³/mol. The molecule has 8 heteroatoms. The highest BCUT2D eigenvalue weighted by molar-refractivity contribution is 9.11. The summed E-state index contributed by atoms with van der Waals surface area (Å²) in [5.74, 6) is -1.24. The number of alkyl halides is 1. The molecule has 0 heterocycles. The summed E-state index contributed by atoms with van der Waals surface area (Å²) >= 11 is 6.30. The van der Waals surface area contributed by atoms with Crippen molar-refractivity contribution in [3.63, 3.8) is 0 Å². The molecule has 0 saturated heterocycles. The molecular formula is C11H13Br2ClFNO3. The van der Waals surface area contributed by atoms with E-state index in [-0.39, 0.29) is 30.3 Å². The van der Waals surface area contributed by atoms with E-state index in [9.17, 15) is 14.3 Å². The van der Waals surface area contributed by atoms with Crippen molar-refractivity contribution in [1.29, 1.82) is 0 Å². The summed E-state index contributed by atoms with van der Waals surface area (Å²) < 4.78 is 19.3. The maximum atomic E-state index is 13.8. The average molecular weight is 421 g/mol. The summed E-state index contributed by atoms with van der Waals surface area (Å²) in [5, 5.41) is 9.79. The Morgan fingerprint density at radius 2 is 2.11 bits per heavy atom. The van der Waals surface area contributed by atoms with Gasteiger partial charge in [-0.3, -0.25) is 0 Å². The second kappa shape index (κ2) is 8.04. The van der Waals surface area contributed by atoms with E-state index < -0.39 is 18.2 Å². The molecule has 0 aliphatic heterocycles. The Labute approximate surface area is 133 Å².